The monoisotopic (exact) mass is 388 g/mol. The Balaban J connectivity index is 1.70. The molecule has 2 aromatic rings. The molecule has 0 saturated carbocycles. The number of hydrogen-bond acceptors (Lipinski definition) is 1. The molecule has 1 saturated heterocycles. The lowest BCUT2D eigenvalue weighted by Crippen LogP contribution is -3.27. The summed E-state index contributed by atoms with van der Waals surface area (Å²) >= 11 is 5.49. The maximum atomic E-state index is 13.4. The van der Waals surface area contributed by atoms with Crippen LogP contribution in [0.15, 0.2) is 54.6 Å². The van der Waals surface area contributed by atoms with E-state index in [4.69, 9.17) is 12.2 Å². The number of piperazine rings is 1. The van der Waals surface area contributed by atoms with Gasteiger partial charge in [0.25, 0.3) is 0 Å². The summed E-state index contributed by atoms with van der Waals surface area (Å²) in [5.41, 5.74) is 1.98. The molecule has 0 aromatic heterocycles. The van der Waals surface area contributed by atoms with Crippen LogP contribution in [0.25, 0.3) is 0 Å². The SMILES string of the molecule is C[C@H](NC(=S)Nc1cccc(F)c1)[C@H](c1ccccc1)[NH+]1CC[NH+](C)CC1. The third-order valence-corrected chi connectivity index (χ3v) is 5.51. The van der Waals surface area contributed by atoms with Crippen LogP contribution in [-0.4, -0.2) is 44.4 Å². The molecule has 4 nitrogen and oxygen atoms in total. The molecule has 0 unspecified atom stereocenters. The van der Waals surface area contributed by atoms with E-state index in [-0.39, 0.29) is 11.9 Å². The minimum Gasteiger partial charge on any atom is -0.354 e. The molecule has 6 heteroatoms. The molecule has 0 aliphatic carbocycles. The number of likely N-dealkylation sites (N-methyl/N-ethyl adjacent to an activating group) is 1. The topological polar surface area (TPSA) is 32.9 Å². The van der Waals surface area contributed by atoms with Gasteiger partial charge in [0, 0.05) is 11.3 Å². The molecule has 2 aromatic carbocycles. The lowest BCUT2D eigenvalue weighted by molar-refractivity contribution is -1.02. The first-order valence-corrected chi connectivity index (χ1v) is 9.97. The highest BCUT2D eigenvalue weighted by atomic mass is 32.1. The van der Waals surface area contributed by atoms with Crippen LogP contribution in [0.1, 0.15) is 18.5 Å². The fourth-order valence-corrected chi connectivity index (χ4v) is 4.17. The predicted octanol–water partition coefficient (Wildman–Crippen LogP) is 0.655. The van der Waals surface area contributed by atoms with Crippen molar-refractivity contribution >= 4 is 23.0 Å². The van der Waals surface area contributed by atoms with Gasteiger partial charge in [-0.15, -0.1) is 0 Å². The first kappa shape index (κ1) is 19.7. The van der Waals surface area contributed by atoms with E-state index in [0.717, 1.165) is 13.1 Å². The molecule has 0 bridgehead atoms. The van der Waals surface area contributed by atoms with Crippen molar-refractivity contribution in [2.75, 3.05) is 38.5 Å². The molecule has 1 heterocycles. The molecule has 0 radical (unpaired) electrons. The molecule has 144 valence electrons. The van der Waals surface area contributed by atoms with Crippen molar-refractivity contribution in [2.45, 2.75) is 19.0 Å². The van der Waals surface area contributed by atoms with Gasteiger partial charge in [0.05, 0.1) is 13.1 Å². The van der Waals surface area contributed by atoms with Crippen LogP contribution in [0.5, 0.6) is 0 Å². The fraction of sp³-hybridized carbons (Fsp3) is 0.381. The Morgan fingerprint density at radius 2 is 1.74 bits per heavy atom. The largest absolute Gasteiger partial charge is 0.354 e. The molecular weight excluding hydrogens is 359 g/mol. The van der Waals surface area contributed by atoms with Gasteiger partial charge in [0.1, 0.15) is 38.0 Å². The van der Waals surface area contributed by atoms with Gasteiger partial charge in [-0.1, -0.05) is 36.4 Å². The Labute approximate surface area is 166 Å². The van der Waals surface area contributed by atoms with Crippen molar-refractivity contribution in [2.24, 2.45) is 0 Å². The second-order valence-corrected chi connectivity index (χ2v) is 7.81. The van der Waals surface area contributed by atoms with E-state index in [9.17, 15) is 4.39 Å². The summed E-state index contributed by atoms with van der Waals surface area (Å²) in [5.74, 6) is -0.276. The number of rotatable bonds is 5. The molecule has 27 heavy (non-hydrogen) atoms. The summed E-state index contributed by atoms with van der Waals surface area (Å²) in [6.45, 7) is 6.81. The number of thiocarbonyl (C=S) groups is 1. The van der Waals surface area contributed by atoms with Crippen molar-refractivity contribution in [3.63, 3.8) is 0 Å². The van der Waals surface area contributed by atoms with Crippen molar-refractivity contribution < 1.29 is 14.2 Å². The number of benzene rings is 2. The molecule has 0 spiro atoms. The van der Waals surface area contributed by atoms with Crippen LogP contribution in [-0.2, 0) is 0 Å². The van der Waals surface area contributed by atoms with E-state index in [1.54, 1.807) is 15.9 Å². The average molecular weight is 389 g/mol. The molecular formula is C21H29FN4S+2. The first-order valence-electron chi connectivity index (χ1n) is 9.57. The van der Waals surface area contributed by atoms with Crippen LogP contribution < -0.4 is 20.4 Å². The van der Waals surface area contributed by atoms with Crippen LogP contribution in [0.2, 0.25) is 0 Å². The van der Waals surface area contributed by atoms with Crippen molar-refractivity contribution in [3.05, 3.63) is 66.0 Å². The van der Waals surface area contributed by atoms with Crippen molar-refractivity contribution in [1.82, 2.24) is 5.32 Å². The minimum atomic E-state index is -0.276. The highest BCUT2D eigenvalue weighted by Crippen LogP contribution is 2.15. The first-order chi connectivity index (χ1) is 13.0. The van der Waals surface area contributed by atoms with E-state index < -0.39 is 0 Å². The second kappa shape index (κ2) is 9.26. The summed E-state index contributed by atoms with van der Waals surface area (Å²) in [4.78, 5) is 3.18. The molecule has 3 rings (SSSR count). The van der Waals surface area contributed by atoms with Crippen molar-refractivity contribution in [1.29, 1.82) is 0 Å². The van der Waals surface area contributed by atoms with E-state index in [0.29, 0.717) is 16.8 Å². The summed E-state index contributed by atoms with van der Waals surface area (Å²) in [7, 11) is 2.26. The molecule has 1 aliphatic heterocycles. The number of halogens is 1. The van der Waals surface area contributed by atoms with Gasteiger partial charge in [-0.05, 0) is 37.3 Å². The third kappa shape index (κ3) is 5.48. The number of nitrogens with one attached hydrogen (secondary N) is 4. The summed E-state index contributed by atoms with van der Waals surface area (Å²) in [5, 5.41) is 7.04. The number of anilines is 1. The highest BCUT2D eigenvalue weighted by Gasteiger charge is 2.33. The molecule has 4 N–H and O–H groups in total. The van der Waals surface area contributed by atoms with E-state index in [1.807, 2.05) is 6.07 Å². The predicted molar refractivity (Wildman–Crippen MR) is 112 cm³/mol. The zero-order valence-electron chi connectivity index (χ0n) is 16.0. The lowest BCUT2D eigenvalue weighted by Gasteiger charge is -2.37. The summed E-state index contributed by atoms with van der Waals surface area (Å²) in [6.07, 6.45) is 0. The third-order valence-electron chi connectivity index (χ3n) is 5.29. The Bertz CT molecular complexity index is 747. The van der Waals surface area contributed by atoms with Gasteiger partial charge >= 0.3 is 0 Å². The van der Waals surface area contributed by atoms with Gasteiger partial charge < -0.3 is 20.4 Å². The van der Waals surface area contributed by atoms with Gasteiger partial charge in [-0.2, -0.15) is 0 Å². The Kier molecular flexibility index (Phi) is 6.77. The van der Waals surface area contributed by atoms with E-state index in [1.165, 1.54) is 30.8 Å². The van der Waals surface area contributed by atoms with Gasteiger partial charge in [-0.3, -0.25) is 0 Å². The highest BCUT2D eigenvalue weighted by molar-refractivity contribution is 7.80. The smallest absolute Gasteiger partial charge is 0.171 e. The maximum absolute atomic E-state index is 13.4. The molecule has 2 atom stereocenters. The van der Waals surface area contributed by atoms with Crippen LogP contribution in [0, 0.1) is 5.82 Å². The molecule has 1 aliphatic rings. The van der Waals surface area contributed by atoms with Gasteiger partial charge in [0.2, 0.25) is 0 Å². The summed E-state index contributed by atoms with van der Waals surface area (Å²) < 4.78 is 13.4. The minimum absolute atomic E-state index is 0.148. The van der Waals surface area contributed by atoms with Gasteiger partial charge in [-0.25, -0.2) is 4.39 Å². The lowest BCUT2D eigenvalue weighted by atomic mass is 9.98. The Morgan fingerprint density at radius 3 is 2.41 bits per heavy atom. The zero-order chi connectivity index (χ0) is 19.2. The van der Waals surface area contributed by atoms with Crippen LogP contribution in [0.4, 0.5) is 10.1 Å². The maximum Gasteiger partial charge on any atom is 0.171 e. The Hall–Kier alpha value is -2.02. The van der Waals surface area contributed by atoms with Gasteiger partial charge in [0.15, 0.2) is 5.11 Å². The summed E-state index contributed by atoms with van der Waals surface area (Å²) in [6, 6.07) is 17.5. The average Bonchev–Trinajstić information content (AvgIpc) is 2.64. The van der Waals surface area contributed by atoms with Crippen LogP contribution in [0.3, 0.4) is 0 Å². The standard InChI is InChI=1S/C21H27FN4S/c1-16(23-21(27)24-19-10-6-9-18(22)15-19)20(17-7-4-3-5-8-17)26-13-11-25(2)12-14-26/h3-10,15-16,20H,11-14H2,1-2H3,(H2,23,24,27)/p+2/t16-,20+/m0/s1. The van der Waals surface area contributed by atoms with E-state index >= 15 is 0 Å². The molecule has 0 amide bonds. The van der Waals surface area contributed by atoms with Crippen LogP contribution >= 0.6 is 12.2 Å². The number of hydrogen-bond donors (Lipinski definition) is 4. The molecule has 1 fully saturated rings. The number of quaternary nitrogens is 2. The van der Waals surface area contributed by atoms with Crippen molar-refractivity contribution in [3.8, 4) is 0 Å². The normalized spacial score (nSPS) is 21.9. The second-order valence-electron chi connectivity index (χ2n) is 7.40. The Morgan fingerprint density at radius 1 is 1.04 bits per heavy atom. The quantitative estimate of drug-likeness (QED) is 0.568. The zero-order valence-corrected chi connectivity index (χ0v) is 16.8. The van der Waals surface area contributed by atoms with E-state index in [2.05, 4.69) is 54.9 Å². The fourth-order valence-electron chi connectivity index (χ4n) is 3.87.